The maximum absolute atomic E-state index is 10.9. The predicted molar refractivity (Wildman–Crippen MR) is 94.1 cm³/mol. The van der Waals surface area contributed by atoms with E-state index in [0.717, 1.165) is 32.4 Å². The van der Waals surface area contributed by atoms with Gasteiger partial charge < -0.3 is 14.4 Å². The first kappa shape index (κ1) is 17.3. The number of hydrogen-bond donors (Lipinski definition) is 1. The highest BCUT2D eigenvalue weighted by Crippen LogP contribution is 2.32. The van der Waals surface area contributed by atoms with E-state index in [9.17, 15) is 4.79 Å². The van der Waals surface area contributed by atoms with E-state index in [-0.39, 0.29) is 12.6 Å². The summed E-state index contributed by atoms with van der Waals surface area (Å²) in [6, 6.07) is 4.15. The van der Waals surface area contributed by atoms with E-state index in [4.69, 9.17) is 32.7 Å². The number of halogens is 2. The number of aliphatic carboxylic acids is 1. The third-order valence-corrected chi connectivity index (χ3v) is 4.87. The summed E-state index contributed by atoms with van der Waals surface area (Å²) in [6.45, 7) is 1.63. The van der Waals surface area contributed by atoms with Crippen LogP contribution in [0, 0.1) is 0 Å². The van der Waals surface area contributed by atoms with Crippen molar-refractivity contribution < 1.29 is 14.3 Å². The summed E-state index contributed by atoms with van der Waals surface area (Å²) in [4.78, 5) is 19.4. The van der Waals surface area contributed by atoms with Crippen molar-refractivity contribution in [3.63, 3.8) is 0 Å². The average molecular weight is 372 g/mol. The minimum atomic E-state index is -0.802. The number of hydrogen-bond acceptors (Lipinski definition) is 5. The molecule has 0 amide bonds. The van der Waals surface area contributed by atoms with Gasteiger partial charge in [0.1, 0.15) is 5.52 Å². The van der Waals surface area contributed by atoms with Crippen LogP contribution in [0.25, 0.3) is 11.1 Å². The highest BCUT2D eigenvalue weighted by Gasteiger charge is 2.24. The van der Waals surface area contributed by atoms with Gasteiger partial charge in [-0.1, -0.05) is 23.2 Å². The van der Waals surface area contributed by atoms with Crippen molar-refractivity contribution in [3.8, 4) is 0 Å². The van der Waals surface area contributed by atoms with Crippen molar-refractivity contribution in [1.82, 2.24) is 9.88 Å². The maximum Gasteiger partial charge on any atom is 0.317 e. The number of carbonyl (C=O) groups is 1. The van der Waals surface area contributed by atoms with Gasteiger partial charge in [0.15, 0.2) is 5.58 Å². The SMILES string of the molecule is CN(CC(=O)O)C1CCCN(c2nc3cc(Cl)cc(Cl)c3o2)CC1. The highest BCUT2D eigenvalue weighted by atomic mass is 35.5. The second-order valence-corrected chi connectivity index (χ2v) is 6.96. The summed E-state index contributed by atoms with van der Waals surface area (Å²) in [5.74, 6) is -0.802. The summed E-state index contributed by atoms with van der Waals surface area (Å²) in [7, 11) is 1.86. The largest absolute Gasteiger partial charge is 0.480 e. The van der Waals surface area contributed by atoms with Crippen LogP contribution >= 0.6 is 23.2 Å². The zero-order valence-corrected chi connectivity index (χ0v) is 14.8. The Balaban J connectivity index is 1.74. The smallest absolute Gasteiger partial charge is 0.317 e. The number of benzene rings is 1. The Morgan fingerprint density at radius 3 is 2.96 bits per heavy atom. The molecule has 1 fully saturated rings. The number of aromatic nitrogens is 1. The Kier molecular flexibility index (Phi) is 5.18. The van der Waals surface area contributed by atoms with Crippen molar-refractivity contribution in [2.75, 3.05) is 31.6 Å². The first-order chi connectivity index (χ1) is 11.4. The number of carboxylic acids is 1. The molecule has 3 rings (SSSR count). The Morgan fingerprint density at radius 1 is 1.42 bits per heavy atom. The number of likely N-dealkylation sites (N-methyl/N-ethyl adjacent to an activating group) is 1. The van der Waals surface area contributed by atoms with E-state index in [2.05, 4.69) is 9.88 Å². The molecule has 1 unspecified atom stereocenters. The first-order valence-electron chi connectivity index (χ1n) is 7.86. The quantitative estimate of drug-likeness (QED) is 0.886. The van der Waals surface area contributed by atoms with Crippen molar-refractivity contribution in [2.24, 2.45) is 0 Å². The number of anilines is 1. The van der Waals surface area contributed by atoms with E-state index >= 15 is 0 Å². The summed E-state index contributed by atoms with van der Waals surface area (Å²) in [5, 5.41) is 9.92. The molecular weight excluding hydrogens is 353 g/mol. The van der Waals surface area contributed by atoms with Crippen LogP contribution in [0.1, 0.15) is 19.3 Å². The normalized spacial score (nSPS) is 19.0. The fourth-order valence-electron chi connectivity index (χ4n) is 3.14. The van der Waals surface area contributed by atoms with Gasteiger partial charge in [0.05, 0.1) is 11.6 Å². The van der Waals surface area contributed by atoms with Gasteiger partial charge in [-0.05, 0) is 38.4 Å². The topological polar surface area (TPSA) is 69.8 Å². The van der Waals surface area contributed by atoms with Crippen molar-refractivity contribution in [3.05, 3.63) is 22.2 Å². The number of carboxylic acid groups (broad SMARTS) is 1. The van der Waals surface area contributed by atoms with Crippen LogP contribution < -0.4 is 4.90 Å². The number of fused-ring (bicyclic) bond motifs is 1. The van der Waals surface area contributed by atoms with E-state index in [1.807, 2.05) is 11.9 Å². The van der Waals surface area contributed by atoms with Crippen LogP contribution in [-0.4, -0.2) is 53.7 Å². The third-order valence-electron chi connectivity index (χ3n) is 4.37. The third kappa shape index (κ3) is 3.77. The molecule has 1 aliphatic rings. The summed E-state index contributed by atoms with van der Waals surface area (Å²) >= 11 is 12.2. The molecule has 0 radical (unpaired) electrons. The van der Waals surface area contributed by atoms with Crippen molar-refractivity contribution >= 4 is 46.3 Å². The molecule has 1 atom stereocenters. The zero-order valence-electron chi connectivity index (χ0n) is 13.3. The molecule has 130 valence electrons. The van der Waals surface area contributed by atoms with Crippen LogP contribution in [0.4, 0.5) is 6.01 Å². The van der Waals surface area contributed by atoms with Gasteiger partial charge in [0.2, 0.25) is 0 Å². The molecule has 0 saturated carbocycles. The molecule has 6 nitrogen and oxygen atoms in total. The Labute approximate surface area is 149 Å². The summed E-state index contributed by atoms with van der Waals surface area (Å²) in [5.41, 5.74) is 1.19. The second-order valence-electron chi connectivity index (χ2n) is 6.11. The molecule has 1 saturated heterocycles. The highest BCUT2D eigenvalue weighted by molar-refractivity contribution is 6.38. The molecule has 0 spiro atoms. The van der Waals surface area contributed by atoms with Gasteiger partial charge in [0, 0.05) is 24.2 Å². The fourth-order valence-corrected chi connectivity index (χ4v) is 3.66. The minimum absolute atomic E-state index is 0.0572. The van der Waals surface area contributed by atoms with Gasteiger partial charge >= 0.3 is 5.97 Å². The monoisotopic (exact) mass is 371 g/mol. The van der Waals surface area contributed by atoms with Crippen LogP contribution in [-0.2, 0) is 4.79 Å². The Morgan fingerprint density at radius 2 is 2.21 bits per heavy atom. The zero-order chi connectivity index (χ0) is 17.3. The molecule has 0 aliphatic carbocycles. The van der Waals surface area contributed by atoms with E-state index in [1.165, 1.54) is 0 Å². The van der Waals surface area contributed by atoms with Gasteiger partial charge in [-0.3, -0.25) is 9.69 Å². The lowest BCUT2D eigenvalue weighted by Gasteiger charge is -2.25. The molecule has 1 aliphatic heterocycles. The summed E-state index contributed by atoms with van der Waals surface area (Å²) in [6.07, 6.45) is 2.76. The molecule has 8 heteroatoms. The maximum atomic E-state index is 10.9. The van der Waals surface area contributed by atoms with Crippen LogP contribution in [0.2, 0.25) is 10.0 Å². The van der Waals surface area contributed by atoms with Crippen LogP contribution in [0.3, 0.4) is 0 Å². The summed E-state index contributed by atoms with van der Waals surface area (Å²) < 4.78 is 5.83. The molecule has 0 bridgehead atoms. The van der Waals surface area contributed by atoms with Gasteiger partial charge in [-0.2, -0.15) is 4.98 Å². The first-order valence-corrected chi connectivity index (χ1v) is 8.62. The van der Waals surface area contributed by atoms with Gasteiger partial charge in [-0.15, -0.1) is 0 Å². The minimum Gasteiger partial charge on any atom is -0.480 e. The van der Waals surface area contributed by atoms with Crippen molar-refractivity contribution in [1.29, 1.82) is 0 Å². The lowest BCUT2D eigenvalue weighted by Crippen LogP contribution is -2.36. The standard InChI is InChI=1S/C16H19Cl2N3O3/c1-20(9-14(22)23)11-3-2-5-21(6-4-11)16-19-13-8-10(17)7-12(18)15(13)24-16/h7-8,11H,2-6,9H2,1H3,(H,22,23). The lowest BCUT2D eigenvalue weighted by atomic mass is 10.1. The molecule has 24 heavy (non-hydrogen) atoms. The number of nitrogens with zero attached hydrogens (tertiary/aromatic N) is 3. The molecule has 1 N–H and O–H groups in total. The second kappa shape index (κ2) is 7.17. The van der Waals surface area contributed by atoms with Crippen LogP contribution in [0.5, 0.6) is 0 Å². The van der Waals surface area contributed by atoms with Crippen LogP contribution in [0.15, 0.2) is 16.5 Å². The average Bonchev–Trinajstić information content (AvgIpc) is 2.77. The molecule has 1 aromatic carbocycles. The molecule has 1 aromatic heterocycles. The Hall–Kier alpha value is -1.50. The number of oxazole rings is 1. The van der Waals surface area contributed by atoms with E-state index < -0.39 is 5.97 Å². The van der Waals surface area contributed by atoms with E-state index in [1.54, 1.807) is 12.1 Å². The lowest BCUT2D eigenvalue weighted by molar-refractivity contribution is -0.138. The number of rotatable bonds is 4. The predicted octanol–water partition coefficient (Wildman–Crippen LogP) is 3.51. The molecule has 2 aromatic rings. The Bertz CT molecular complexity index is 749. The van der Waals surface area contributed by atoms with Gasteiger partial charge in [-0.25, -0.2) is 0 Å². The van der Waals surface area contributed by atoms with Gasteiger partial charge in [0.25, 0.3) is 6.01 Å². The van der Waals surface area contributed by atoms with Crippen molar-refractivity contribution in [2.45, 2.75) is 25.3 Å². The fraction of sp³-hybridized carbons (Fsp3) is 0.500. The molecular formula is C16H19Cl2N3O3. The van der Waals surface area contributed by atoms with E-state index in [0.29, 0.717) is 27.2 Å². The molecule has 2 heterocycles.